The number of hydrogen-bond acceptors (Lipinski definition) is 3. The lowest BCUT2D eigenvalue weighted by Crippen LogP contribution is -2.39. The normalized spacial score (nSPS) is 14.9. The zero-order valence-electron chi connectivity index (χ0n) is 15.0. The Morgan fingerprint density at radius 3 is 2.81 bits per heavy atom. The maximum atomic E-state index is 13.6. The Labute approximate surface area is 154 Å². The van der Waals surface area contributed by atoms with Crippen LogP contribution in [0, 0.1) is 18.6 Å². The highest BCUT2D eigenvalue weighted by Gasteiger charge is 2.29. The summed E-state index contributed by atoms with van der Waals surface area (Å²) in [5.74, 6) is -1.86. The fourth-order valence-corrected chi connectivity index (χ4v) is 3.39. The molecule has 1 atom stereocenters. The van der Waals surface area contributed by atoms with Crippen LogP contribution in [0.5, 0.6) is 0 Å². The van der Waals surface area contributed by atoms with E-state index in [-0.39, 0.29) is 5.91 Å². The lowest BCUT2D eigenvalue weighted by atomic mass is 10.0. The summed E-state index contributed by atoms with van der Waals surface area (Å²) in [5, 5.41) is 11.5. The van der Waals surface area contributed by atoms with E-state index in [0.29, 0.717) is 30.8 Å². The summed E-state index contributed by atoms with van der Waals surface area (Å²) in [6, 6.07) is 3.28. The summed E-state index contributed by atoms with van der Waals surface area (Å²) in [5.41, 5.74) is 3.78. The van der Waals surface area contributed by atoms with Crippen molar-refractivity contribution >= 4 is 5.91 Å². The summed E-state index contributed by atoms with van der Waals surface area (Å²) in [6.07, 6.45) is 4.18. The summed E-state index contributed by atoms with van der Waals surface area (Å²) in [4.78, 5) is 14.7. The van der Waals surface area contributed by atoms with Crippen molar-refractivity contribution in [1.29, 1.82) is 0 Å². The second-order valence-corrected chi connectivity index (χ2v) is 6.84. The maximum Gasteiger partial charge on any atom is 0.247 e. The second kappa shape index (κ2) is 6.61. The van der Waals surface area contributed by atoms with Gasteiger partial charge in [0, 0.05) is 42.5 Å². The highest BCUT2D eigenvalue weighted by molar-refractivity contribution is 5.80. The van der Waals surface area contributed by atoms with E-state index in [1.54, 1.807) is 15.8 Å². The molecule has 4 rings (SSSR count). The minimum absolute atomic E-state index is 0.0406. The molecule has 1 N–H and O–H groups in total. The van der Waals surface area contributed by atoms with E-state index in [2.05, 4.69) is 15.3 Å². The molecule has 2 aromatic heterocycles. The molecule has 0 bridgehead atoms. The maximum absolute atomic E-state index is 13.6. The largest absolute Gasteiger partial charge is 0.336 e. The van der Waals surface area contributed by atoms with Gasteiger partial charge in [-0.05, 0) is 37.6 Å². The molecule has 6 nitrogen and oxygen atoms in total. The number of aryl methyl sites for hydroxylation is 1. The van der Waals surface area contributed by atoms with E-state index in [1.807, 2.05) is 20.0 Å². The van der Waals surface area contributed by atoms with Gasteiger partial charge in [-0.3, -0.25) is 14.6 Å². The molecule has 0 unspecified atom stereocenters. The molecule has 0 saturated carbocycles. The minimum atomic E-state index is -0.921. The van der Waals surface area contributed by atoms with Gasteiger partial charge in [-0.1, -0.05) is 0 Å². The molecule has 140 valence electrons. The van der Waals surface area contributed by atoms with Gasteiger partial charge in [0.15, 0.2) is 11.6 Å². The average molecular weight is 371 g/mol. The standard InChI is InChI=1S/C19H19F2N5O/c1-11-8-22-26(9-11)12(2)19(27)25-6-5-17-14(10-25)18(24-23-17)13-3-4-15(20)16(21)7-13/h3-4,7-9,12H,5-6,10H2,1-2H3,(H,23,24)/t12-/m1/s1. The lowest BCUT2D eigenvalue weighted by molar-refractivity contribution is -0.135. The number of benzene rings is 1. The van der Waals surface area contributed by atoms with E-state index in [4.69, 9.17) is 0 Å². The van der Waals surface area contributed by atoms with Crippen molar-refractivity contribution in [2.75, 3.05) is 6.54 Å². The number of aromatic nitrogens is 4. The van der Waals surface area contributed by atoms with Crippen molar-refractivity contribution in [3.05, 3.63) is 59.0 Å². The Morgan fingerprint density at radius 1 is 1.30 bits per heavy atom. The Morgan fingerprint density at radius 2 is 2.11 bits per heavy atom. The lowest BCUT2D eigenvalue weighted by Gasteiger charge is -2.29. The van der Waals surface area contributed by atoms with Crippen LogP contribution in [0.3, 0.4) is 0 Å². The minimum Gasteiger partial charge on any atom is -0.336 e. The Bertz CT molecular complexity index is 1010. The number of hydrogen-bond donors (Lipinski definition) is 1. The molecule has 0 spiro atoms. The molecule has 3 aromatic rings. The number of fused-ring (bicyclic) bond motifs is 1. The molecule has 1 aromatic carbocycles. The van der Waals surface area contributed by atoms with Gasteiger partial charge in [-0.15, -0.1) is 0 Å². The zero-order valence-corrected chi connectivity index (χ0v) is 15.0. The third kappa shape index (κ3) is 3.11. The number of carbonyl (C=O) groups excluding carboxylic acids is 1. The predicted molar refractivity (Wildman–Crippen MR) is 94.7 cm³/mol. The number of rotatable bonds is 3. The molecular formula is C19H19F2N5O. The van der Waals surface area contributed by atoms with Crippen LogP contribution in [0.2, 0.25) is 0 Å². The first kappa shape index (κ1) is 17.4. The second-order valence-electron chi connectivity index (χ2n) is 6.84. The van der Waals surface area contributed by atoms with Gasteiger partial charge in [0.25, 0.3) is 0 Å². The molecule has 0 aliphatic carbocycles. The SMILES string of the molecule is Cc1cnn([C@H](C)C(=O)N2CCc3[nH]nc(-c4ccc(F)c(F)c4)c3C2)c1. The van der Waals surface area contributed by atoms with E-state index < -0.39 is 17.7 Å². The first-order valence-electron chi connectivity index (χ1n) is 8.75. The van der Waals surface area contributed by atoms with Gasteiger partial charge in [-0.2, -0.15) is 10.2 Å². The molecule has 1 aliphatic heterocycles. The molecule has 8 heteroatoms. The van der Waals surface area contributed by atoms with Crippen molar-refractivity contribution in [2.24, 2.45) is 0 Å². The fourth-order valence-electron chi connectivity index (χ4n) is 3.39. The van der Waals surface area contributed by atoms with Crippen molar-refractivity contribution in [3.8, 4) is 11.3 Å². The van der Waals surface area contributed by atoms with Gasteiger partial charge in [-0.25, -0.2) is 8.78 Å². The first-order valence-corrected chi connectivity index (χ1v) is 8.75. The summed E-state index contributed by atoms with van der Waals surface area (Å²) < 4.78 is 28.5. The smallest absolute Gasteiger partial charge is 0.247 e. The van der Waals surface area contributed by atoms with Crippen LogP contribution >= 0.6 is 0 Å². The number of aromatic amines is 1. The first-order chi connectivity index (χ1) is 12.9. The fraction of sp³-hybridized carbons (Fsp3) is 0.316. The monoisotopic (exact) mass is 371 g/mol. The van der Waals surface area contributed by atoms with Crippen LogP contribution in [0.15, 0.2) is 30.6 Å². The van der Waals surface area contributed by atoms with Crippen LogP contribution in [-0.2, 0) is 17.8 Å². The summed E-state index contributed by atoms with van der Waals surface area (Å²) >= 11 is 0. The van der Waals surface area contributed by atoms with Crippen LogP contribution in [-0.4, -0.2) is 37.3 Å². The summed E-state index contributed by atoms with van der Waals surface area (Å²) in [7, 11) is 0. The van der Waals surface area contributed by atoms with E-state index in [1.165, 1.54) is 6.07 Å². The molecule has 0 fully saturated rings. The quantitative estimate of drug-likeness (QED) is 0.770. The molecular weight excluding hydrogens is 352 g/mol. The highest BCUT2D eigenvalue weighted by atomic mass is 19.2. The molecule has 1 amide bonds. The number of amides is 1. The third-order valence-electron chi connectivity index (χ3n) is 4.92. The zero-order chi connectivity index (χ0) is 19.1. The Kier molecular flexibility index (Phi) is 4.25. The van der Waals surface area contributed by atoms with E-state index in [0.717, 1.165) is 29.0 Å². The van der Waals surface area contributed by atoms with Crippen molar-refractivity contribution in [1.82, 2.24) is 24.9 Å². The van der Waals surface area contributed by atoms with Crippen LogP contribution in [0.1, 0.15) is 29.8 Å². The van der Waals surface area contributed by atoms with Gasteiger partial charge in [0.05, 0.1) is 11.9 Å². The van der Waals surface area contributed by atoms with Crippen molar-refractivity contribution < 1.29 is 13.6 Å². The van der Waals surface area contributed by atoms with Crippen LogP contribution in [0.25, 0.3) is 11.3 Å². The average Bonchev–Trinajstić information content (AvgIpc) is 3.28. The number of carbonyl (C=O) groups is 1. The number of nitrogens with zero attached hydrogens (tertiary/aromatic N) is 4. The number of nitrogens with one attached hydrogen (secondary N) is 1. The van der Waals surface area contributed by atoms with Gasteiger partial charge < -0.3 is 4.90 Å². The Hall–Kier alpha value is -3.03. The third-order valence-corrected chi connectivity index (χ3v) is 4.92. The number of H-pyrrole nitrogens is 1. The van der Waals surface area contributed by atoms with Crippen molar-refractivity contribution in [3.63, 3.8) is 0 Å². The van der Waals surface area contributed by atoms with Crippen LogP contribution in [0.4, 0.5) is 8.78 Å². The molecule has 0 radical (unpaired) electrons. The molecule has 27 heavy (non-hydrogen) atoms. The van der Waals surface area contributed by atoms with Crippen LogP contribution < -0.4 is 0 Å². The van der Waals surface area contributed by atoms with Gasteiger partial charge in [0.2, 0.25) is 5.91 Å². The van der Waals surface area contributed by atoms with Gasteiger partial charge >= 0.3 is 0 Å². The predicted octanol–water partition coefficient (Wildman–Crippen LogP) is 3.01. The molecule has 0 saturated heterocycles. The molecule has 3 heterocycles. The van der Waals surface area contributed by atoms with Crippen molar-refractivity contribution in [2.45, 2.75) is 32.9 Å². The number of halogens is 2. The molecule has 1 aliphatic rings. The highest BCUT2D eigenvalue weighted by Crippen LogP contribution is 2.30. The summed E-state index contributed by atoms with van der Waals surface area (Å²) in [6.45, 7) is 4.67. The topological polar surface area (TPSA) is 66.8 Å². The van der Waals surface area contributed by atoms with E-state index >= 15 is 0 Å². The Balaban J connectivity index is 1.60. The van der Waals surface area contributed by atoms with Gasteiger partial charge in [0.1, 0.15) is 6.04 Å². The van der Waals surface area contributed by atoms with E-state index in [9.17, 15) is 13.6 Å².